The van der Waals surface area contributed by atoms with Gasteiger partial charge >= 0.3 is 0 Å². The molecule has 0 saturated heterocycles. The van der Waals surface area contributed by atoms with Crippen LogP contribution in [0.3, 0.4) is 0 Å². The van der Waals surface area contributed by atoms with Gasteiger partial charge in [0.15, 0.2) is 0 Å². The first-order valence-corrected chi connectivity index (χ1v) is 13.2. The highest BCUT2D eigenvalue weighted by Crippen LogP contribution is 2.46. The number of benzene rings is 6. The fraction of sp³-hybridized carbons (Fsp3) is 0.0556. The number of aryl methyl sites for hydroxylation is 2. The third kappa shape index (κ3) is 2.77. The lowest BCUT2D eigenvalue weighted by Crippen LogP contribution is -1.94. The van der Waals surface area contributed by atoms with Crippen LogP contribution in [0.25, 0.3) is 76.6 Å². The Labute approximate surface area is 221 Å². The summed E-state index contributed by atoms with van der Waals surface area (Å²) in [6.45, 7) is 0. The monoisotopic (exact) mass is 486 g/mol. The van der Waals surface area contributed by atoms with Gasteiger partial charge in [-0.1, -0.05) is 97.1 Å². The van der Waals surface area contributed by atoms with Gasteiger partial charge in [0.1, 0.15) is 0 Å². The van der Waals surface area contributed by atoms with Crippen molar-refractivity contribution in [3.8, 4) is 22.3 Å². The predicted octanol–water partition coefficient (Wildman–Crippen LogP) is 9.46. The standard InChI is InChI=1S/C36H26N2/c1-37-31-19-11-9-17-25(31)33-27(23-13-5-3-6-14-23)22-30-29(35(33)37)21-28(24-15-7-4-8-16-24)34-26-18-10-12-20-32(26)38(2)36(30)34/h3-22H,1-2H3. The van der Waals surface area contributed by atoms with Gasteiger partial charge < -0.3 is 9.13 Å². The molecule has 0 aliphatic rings. The molecule has 0 aliphatic carbocycles. The quantitative estimate of drug-likeness (QED) is 0.230. The van der Waals surface area contributed by atoms with Crippen LogP contribution in [-0.4, -0.2) is 9.13 Å². The molecule has 0 saturated carbocycles. The van der Waals surface area contributed by atoms with Gasteiger partial charge in [0.2, 0.25) is 0 Å². The summed E-state index contributed by atoms with van der Waals surface area (Å²) >= 11 is 0. The van der Waals surface area contributed by atoms with Crippen LogP contribution in [0, 0.1) is 0 Å². The molecular weight excluding hydrogens is 460 g/mol. The second-order valence-electron chi connectivity index (χ2n) is 10.3. The molecule has 0 bridgehead atoms. The number of aromatic nitrogens is 2. The minimum Gasteiger partial charge on any atom is -0.343 e. The van der Waals surface area contributed by atoms with E-state index in [0.717, 1.165) is 0 Å². The van der Waals surface area contributed by atoms with Gasteiger partial charge in [-0.25, -0.2) is 0 Å². The summed E-state index contributed by atoms with van der Waals surface area (Å²) in [5.74, 6) is 0. The van der Waals surface area contributed by atoms with E-state index >= 15 is 0 Å². The van der Waals surface area contributed by atoms with Crippen molar-refractivity contribution in [3.05, 3.63) is 121 Å². The van der Waals surface area contributed by atoms with E-state index in [1.54, 1.807) is 0 Å². The molecule has 0 radical (unpaired) electrons. The van der Waals surface area contributed by atoms with Crippen LogP contribution in [0.1, 0.15) is 0 Å². The maximum Gasteiger partial charge on any atom is 0.0575 e. The smallest absolute Gasteiger partial charge is 0.0575 e. The first-order chi connectivity index (χ1) is 18.7. The van der Waals surface area contributed by atoms with Crippen LogP contribution < -0.4 is 0 Å². The molecule has 0 spiro atoms. The van der Waals surface area contributed by atoms with E-state index in [4.69, 9.17) is 0 Å². The van der Waals surface area contributed by atoms with Gasteiger partial charge in [-0.15, -0.1) is 0 Å². The zero-order chi connectivity index (χ0) is 25.4. The molecule has 2 aromatic heterocycles. The largest absolute Gasteiger partial charge is 0.343 e. The molecule has 0 amide bonds. The van der Waals surface area contributed by atoms with Gasteiger partial charge in [0.05, 0.1) is 11.0 Å². The first-order valence-electron chi connectivity index (χ1n) is 13.2. The third-order valence-electron chi connectivity index (χ3n) is 8.30. The second kappa shape index (κ2) is 7.84. The molecule has 0 N–H and O–H groups in total. The molecule has 2 nitrogen and oxygen atoms in total. The second-order valence-corrected chi connectivity index (χ2v) is 10.3. The van der Waals surface area contributed by atoms with Crippen LogP contribution >= 0.6 is 0 Å². The van der Waals surface area contributed by atoms with E-state index in [1.807, 2.05) is 0 Å². The summed E-state index contributed by atoms with van der Waals surface area (Å²) in [6.07, 6.45) is 0. The van der Waals surface area contributed by atoms with Crippen LogP contribution in [0.5, 0.6) is 0 Å². The fourth-order valence-electron chi connectivity index (χ4n) is 6.63. The van der Waals surface area contributed by atoms with Gasteiger partial charge in [-0.3, -0.25) is 0 Å². The third-order valence-corrected chi connectivity index (χ3v) is 8.30. The topological polar surface area (TPSA) is 9.86 Å². The molecule has 8 rings (SSSR count). The van der Waals surface area contributed by atoms with Gasteiger partial charge in [0.25, 0.3) is 0 Å². The number of fused-ring (bicyclic) bond motifs is 9. The summed E-state index contributed by atoms with van der Waals surface area (Å²) in [5.41, 5.74) is 10.1. The van der Waals surface area contributed by atoms with E-state index in [1.165, 1.54) is 76.6 Å². The SMILES string of the molecule is Cn1c2ccccc2c2c(-c3ccccc3)cc3c(cc(-c4ccccc4)c4c5ccccc5n(C)c34)c21. The van der Waals surface area contributed by atoms with E-state index in [9.17, 15) is 0 Å². The molecule has 38 heavy (non-hydrogen) atoms. The zero-order valence-corrected chi connectivity index (χ0v) is 21.4. The molecule has 0 unspecified atom stereocenters. The summed E-state index contributed by atoms with van der Waals surface area (Å²) in [5, 5.41) is 7.80. The van der Waals surface area contributed by atoms with E-state index in [0.29, 0.717) is 0 Å². The minimum atomic E-state index is 1.25. The van der Waals surface area contributed by atoms with Crippen LogP contribution in [0.15, 0.2) is 121 Å². The number of nitrogens with zero attached hydrogens (tertiary/aromatic N) is 2. The highest BCUT2D eigenvalue weighted by Gasteiger charge is 2.22. The maximum absolute atomic E-state index is 2.44. The summed E-state index contributed by atoms with van der Waals surface area (Å²) in [7, 11) is 4.43. The Morgan fingerprint density at radius 1 is 0.395 bits per heavy atom. The van der Waals surface area contributed by atoms with Crippen molar-refractivity contribution < 1.29 is 0 Å². The molecule has 2 heteroatoms. The Morgan fingerprint density at radius 3 is 1.18 bits per heavy atom. The zero-order valence-electron chi connectivity index (χ0n) is 21.4. The average molecular weight is 487 g/mol. The van der Waals surface area contributed by atoms with Crippen molar-refractivity contribution in [1.29, 1.82) is 0 Å². The van der Waals surface area contributed by atoms with E-state index < -0.39 is 0 Å². The first kappa shape index (κ1) is 21.3. The van der Waals surface area contributed by atoms with Crippen LogP contribution in [0.4, 0.5) is 0 Å². The number of rotatable bonds is 2. The highest BCUT2D eigenvalue weighted by molar-refractivity contribution is 6.31. The number of hydrogen-bond donors (Lipinski definition) is 0. The van der Waals surface area contributed by atoms with Crippen molar-refractivity contribution in [2.45, 2.75) is 0 Å². The molecule has 6 aromatic carbocycles. The van der Waals surface area contributed by atoms with Crippen LogP contribution in [-0.2, 0) is 14.1 Å². The molecule has 8 aromatic rings. The molecule has 2 heterocycles. The molecule has 180 valence electrons. The fourth-order valence-corrected chi connectivity index (χ4v) is 6.63. The Bertz CT molecular complexity index is 2020. The Kier molecular flexibility index (Phi) is 4.39. The summed E-state index contributed by atoms with van der Waals surface area (Å²) in [4.78, 5) is 0. The Hall–Kier alpha value is -4.82. The highest BCUT2D eigenvalue weighted by atomic mass is 15.0. The lowest BCUT2D eigenvalue weighted by molar-refractivity contribution is 1.02. The molecule has 0 aliphatic heterocycles. The number of para-hydroxylation sites is 2. The van der Waals surface area contributed by atoms with Crippen molar-refractivity contribution in [2.24, 2.45) is 14.1 Å². The van der Waals surface area contributed by atoms with E-state index in [2.05, 4.69) is 145 Å². The minimum absolute atomic E-state index is 1.25. The van der Waals surface area contributed by atoms with Crippen LogP contribution in [0.2, 0.25) is 0 Å². The molecule has 0 atom stereocenters. The maximum atomic E-state index is 2.44. The van der Waals surface area contributed by atoms with E-state index in [-0.39, 0.29) is 0 Å². The van der Waals surface area contributed by atoms with Gasteiger partial charge in [-0.2, -0.15) is 0 Å². The van der Waals surface area contributed by atoms with Gasteiger partial charge in [-0.05, 0) is 46.5 Å². The van der Waals surface area contributed by atoms with Crippen molar-refractivity contribution >= 4 is 54.4 Å². The average Bonchev–Trinajstić information content (AvgIpc) is 3.45. The lowest BCUT2D eigenvalue weighted by atomic mass is 9.90. The lowest BCUT2D eigenvalue weighted by Gasteiger charge is -2.15. The predicted molar refractivity (Wildman–Crippen MR) is 163 cm³/mol. The van der Waals surface area contributed by atoms with Crippen molar-refractivity contribution in [2.75, 3.05) is 0 Å². The number of hydrogen-bond acceptors (Lipinski definition) is 0. The Morgan fingerprint density at radius 2 is 0.763 bits per heavy atom. The Balaban J connectivity index is 1.70. The van der Waals surface area contributed by atoms with Crippen molar-refractivity contribution in [1.82, 2.24) is 9.13 Å². The van der Waals surface area contributed by atoms with Gasteiger partial charge in [0, 0.05) is 57.4 Å². The summed E-state index contributed by atoms with van der Waals surface area (Å²) in [6, 6.07) is 44.2. The normalized spacial score (nSPS) is 11.9. The van der Waals surface area contributed by atoms with Crippen molar-refractivity contribution in [3.63, 3.8) is 0 Å². The molecule has 0 fully saturated rings. The summed E-state index contributed by atoms with van der Waals surface area (Å²) < 4.78 is 4.78. The molecular formula is C36H26N2.